The molecule has 108 valence electrons. The summed E-state index contributed by atoms with van der Waals surface area (Å²) in [4.78, 5) is 0. The summed E-state index contributed by atoms with van der Waals surface area (Å²) in [5.74, 6) is 2.09. The highest BCUT2D eigenvalue weighted by atomic mass is 35.5. The third-order valence-corrected chi connectivity index (χ3v) is 5.23. The Labute approximate surface area is 121 Å². The number of nitrogens with two attached hydrogens (primary N) is 1. The average molecular weight is 284 g/mol. The quantitative estimate of drug-likeness (QED) is 0.925. The van der Waals surface area contributed by atoms with Gasteiger partial charge in [-0.15, -0.1) is 0 Å². The van der Waals surface area contributed by atoms with Crippen LogP contribution in [0.3, 0.4) is 0 Å². The predicted octanol–water partition coefficient (Wildman–Crippen LogP) is 3.32. The van der Waals surface area contributed by atoms with E-state index in [1.54, 1.807) is 0 Å². The molecule has 0 bridgehead atoms. The van der Waals surface area contributed by atoms with Gasteiger partial charge in [-0.2, -0.15) is 5.10 Å². The Morgan fingerprint density at radius 2 is 2.11 bits per heavy atom. The van der Waals surface area contributed by atoms with E-state index >= 15 is 0 Å². The van der Waals surface area contributed by atoms with Crippen LogP contribution in [0.1, 0.15) is 44.5 Å². The molecule has 4 heteroatoms. The number of hydrogen-bond donors (Lipinski definition) is 1. The van der Waals surface area contributed by atoms with Gasteiger partial charge in [-0.3, -0.25) is 4.68 Å². The lowest BCUT2D eigenvalue weighted by atomic mass is 9.72. The smallest absolute Gasteiger partial charge is 0.0847 e. The largest absolute Gasteiger partial charge is 0.327 e. The summed E-state index contributed by atoms with van der Waals surface area (Å²) < 4.78 is 1.92. The molecule has 0 spiro atoms. The second-order valence-corrected chi connectivity index (χ2v) is 6.79. The molecule has 3 unspecified atom stereocenters. The fourth-order valence-corrected chi connectivity index (χ4v) is 3.55. The van der Waals surface area contributed by atoms with E-state index in [2.05, 4.69) is 18.9 Å². The molecular weight excluding hydrogens is 258 g/mol. The Kier molecular flexibility index (Phi) is 4.57. The van der Waals surface area contributed by atoms with Crippen molar-refractivity contribution in [3.8, 4) is 0 Å². The maximum Gasteiger partial charge on any atom is 0.0847 e. The summed E-state index contributed by atoms with van der Waals surface area (Å²) in [6.07, 6.45) is 4.59. The molecule has 0 aliphatic heterocycles. The molecule has 1 aliphatic carbocycles. The van der Waals surface area contributed by atoms with Gasteiger partial charge in [0.05, 0.1) is 16.4 Å². The summed E-state index contributed by atoms with van der Waals surface area (Å²) >= 11 is 6.36. The van der Waals surface area contributed by atoms with E-state index in [4.69, 9.17) is 17.3 Å². The minimum absolute atomic E-state index is 0.307. The van der Waals surface area contributed by atoms with Crippen molar-refractivity contribution < 1.29 is 0 Å². The van der Waals surface area contributed by atoms with Crippen molar-refractivity contribution >= 4 is 11.6 Å². The molecule has 0 amide bonds. The highest BCUT2D eigenvalue weighted by Crippen LogP contribution is 2.36. The fourth-order valence-electron chi connectivity index (χ4n) is 3.31. The first kappa shape index (κ1) is 14.9. The number of halogens is 1. The van der Waals surface area contributed by atoms with E-state index in [0.29, 0.717) is 12.0 Å². The van der Waals surface area contributed by atoms with Crippen LogP contribution in [0.15, 0.2) is 0 Å². The molecule has 1 saturated carbocycles. The number of rotatable bonds is 3. The van der Waals surface area contributed by atoms with Crippen molar-refractivity contribution in [2.75, 3.05) is 0 Å². The standard InChI is InChI=1S/C15H26ClN3/c1-9(2)11-5-6-13(17)12(7-11)8-14-15(16)10(3)18-19(14)4/h9,11-13H,5-8,17H2,1-4H3. The lowest BCUT2D eigenvalue weighted by molar-refractivity contribution is 0.188. The summed E-state index contributed by atoms with van der Waals surface area (Å²) in [5, 5.41) is 5.22. The van der Waals surface area contributed by atoms with Gasteiger partial charge in [0.2, 0.25) is 0 Å². The highest BCUT2D eigenvalue weighted by Gasteiger charge is 2.31. The Morgan fingerprint density at radius 3 is 2.63 bits per heavy atom. The molecule has 0 radical (unpaired) electrons. The fraction of sp³-hybridized carbons (Fsp3) is 0.800. The van der Waals surface area contributed by atoms with E-state index in [1.807, 2.05) is 18.7 Å². The third kappa shape index (κ3) is 3.14. The van der Waals surface area contributed by atoms with Gasteiger partial charge >= 0.3 is 0 Å². The molecule has 2 rings (SSSR count). The first-order chi connectivity index (χ1) is 8.90. The van der Waals surface area contributed by atoms with Crippen LogP contribution < -0.4 is 5.73 Å². The van der Waals surface area contributed by atoms with Crippen molar-refractivity contribution in [2.24, 2.45) is 30.5 Å². The van der Waals surface area contributed by atoms with E-state index in [1.165, 1.54) is 12.8 Å². The second kappa shape index (κ2) is 5.84. The van der Waals surface area contributed by atoms with E-state index in [0.717, 1.165) is 41.1 Å². The van der Waals surface area contributed by atoms with Gasteiger partial charge in [0.15, 0.2) is 0 Å². The maximum atomic E-state index is 6.36. The molecule has 2 N–H and O–H groups in total. The third-order valence-electron chi connectivity index (χ3n) is 4.74. The minimum atomic E-state index is 0.307. The molecule has 3 nitrogen and oxygen atoms in total. The zero-order valence-corrected chi connectivity index (χ0v) is 13.2. The van der Waals surface area contributed by atoms with Gasteiger partial charge in [0, 0.05) is 13.1 Å². The predicted molar refractivity (Wildman–Crippen MR) is 80.3 cm³/mol. The normalized spacial score (nSPS) is 28.1. The van der Waals surface area contributed by atoms with Gasteiger partial charge in [0.25, 0.3) is 0 Å². The molecule has 1 aromatic rings. The molecule has 1 heterocycles. The van der Waals surface area contributed by atoms with Crippen molar-refractivity contribution in [1.29, 1.82) is 0 Å². The van der Waals surface area contributed by atoms with Crippen molar-refractivity contribution in [3.63, 3.8) is 0 Å². The van der Waals surface area contributed by atoms with E-state index in [9.17, 15) is 0 Å². The minimum Gasteiger partial charge on any atom is -0.327 e. The summed E-state index contributed by atoms with van der Waals surface area (Å²) in [6, 6.07) is 0.307. The van der Waals surface area contributed by atoms with Crippen molar-refractivity contribution in [2.45, 2.75) is 52.5 Å². The van der Waals surface area contributed by atoms with Crippen LogP contribution in [0.25, 0.3) is 0 Å². The molecule has 3 atom stereocenters. The molecular formula is C15H26ClN3. The summed E-state index contributed by atoms with van der Waals surface area (Å²) in [6.45, 7) is 6.60. The van der Waals surface area contributed by atoms with Crippen LogP contribution in [0.4, 0.5) is 0 Å². The van der Waals surface area contributed by atoms with Crippen LogP contribution in [0, 0.1) is 24.7 Å². The van der Waals surface area contributed by atoms with Crippen LogP contribution in [0.2, 0.25) is 5.02 Å². The first-order valence-electron chi connectivity index (χ1n) is 7.33. The molecule has 1 fully saturated rings. The van der Waals surface area contributed by atoms with Gasteiger partial charge in [-0.05, 0) is 50.4 Å². The lowest BCUT2D eigenvalue weighted by Gasteiger charge is -2.36. The molecule has 1 aliphatic rings. The zero-order chi connectivity index (χ0) is 14.2. The Bertz CT molecular complexity index is 439. The SMILES string of the molecule is Cc1nn(C)c(CC2CC(C(C)C)CCC2N)c1Cl. The second-order valence-electron chi connectivity index (χ2n) is 6.41. The molecule has 0 saturated heterocycles. The van der Waals surface area contributed by atoms with Crippen LogP contribution >= 0.6 is 11.6 Å². The van der Waals surface area contributed by atoms with Crippen LogP contribution in [-0.2, 0) is 13.5 Å². The molecule has 1 aromatic heterocycles. The Morgan fingerprint density at radius 1 is 1.42 bits per heavy atom. The van der Waals surface area contributed by atoms with Crippen LogP contribution in [-0.4, -0.2) is 15.8 Å². The Balaban J connectivity index is 2.12. The summed E-state index contributed by atoms with van der Waals surface area (Å²) in [7, 11) is 1.97. The highest BCUT2D eigenvalue weighted by molar-refractivity contribution is 6.31. The Hall–Kier alpha value is -0.540. The lowest BCUT2D eigenvalue weighted by Crippen LogP contribution is -2.38. The molecule has 19 heavy (non-hydrogen) atoms. The van der Waals surface area contributed by atoms with Gasteiger partial charge in [-0.1, -0.05) is 25.4 Å². The van der Waals surface area contributed by atoms with Gasteiger partial charge in [-0.25, -0.2) is 0 Å². The topological polar surface area (TPSA) is 43.8 Å². The number of hydrogen-bond acceptors (Lipinski definition) is 2. The number of aryl methyl sites for hydroxylation is 2. The van der Waals surface area contributed by atoms with Gasteiger partial charge < -0.3 is 5.73 Å². The average Bonchev–Trinajstić information content (AvgIpc) is 2.58. The van der Waals surface area contributed by atoms with Crippen molar-refractivity contribution in [1.82, 2.24) is 9.78 Å². The molecule has 0 aromatic carbocycles. The maximum absolute atomic E-state index is 6.36. The van der Waals surface area contributed by atoms with Crippen molar-refractivity contribution in [3.05, 3.63) is 16.4 Å². The zero-order valence-electron chi connectivity index (χ0n) is 12.5. The van der Waals surface area contributed by atoms with Crippen LogP contribution in [0.5, 0.6) is 0 Å². The van der Waals surface area contributed by atoms with Gasteiger partial charge in [0.1, 0.15) is 0 Å². The first-order valence-corrected chi connectivity index (χ1v) is 7.71. The summed E-state index contributed by atoms with van der Waals surface area (Å²) in [5.41, 5.74) is 8.39. The monoisotopic (exact) mass is 283 g/mol. The number of nitrogens with zero attached hydrogens (tertiary/aromatic N) is 2. The number of aromatic nitrogens is 2. The van der Waals surface area contributed by atoms with E-state index in [-0.39, 0.29) is 0 Å². The van der Waals surface area contributed by atoms with E-state index < -0.39 is 0 Å².